The van der Waals surface area contributed by atoms with Crippen molar-refractivity contribution in [1.82, 2.24) is 4.98 Å². The van der Waals surface area contributed by atoms with Crippen molar-refractivity contribution in [3.05, 3.63) is 28.8 Å². The van der Waals surface area contributed by atoms with Gasteiger partial charge in [0.1, 0.15) is 0 Å². The van der Waals surface area contributed by atoms with Crippen LogP contribution in [-0.4, -0.2) is 11.5 Å². The number of aryl methyl sites for hydroxylation is 1. The van der Waals surface area contributed by atoms with Gasteiger partial charge in [-0.15, -0.1) is 11.3 Å². The number of nitrogens with two attached hydrogens (primary N) is 1. The molecule has 1 aromatic heterocycles. The second-order valence-corrected chi connectivity index (χ2v) is 4.23. The zero-order valence-electron chi connectivity index (χ0n) is 7.58. The van der Waals surface area contributed by atoms with Crippen LogP contribution in [0.15, 0.2) is 18.2 Å². The minimum absolute atomic E-state index is 0.679. The Morgan fingerprint density at radius 3 is 3.08 bits per heavy atom. The highest BCUT2D eigenvalue weighted by atomic mass is 32.1. The number of nitrogens with zero attached hydrogens (tertiary/aromatic N) is 1. The smallest absolute Gasteiger partial charge is 0.0951 e. The number of hydrogen-bond donors (Lipinski definition) is 1. The number of thiazole rings is 1. The number of fused-ring (bicyclic) bond motifs is 1. The molecule has 2 rings (SSSR count). The third-order valence-corrected chi connectivity index (χ3v) is 3.02. The topological polar surface area (TPSA) is 38.9 Å². The van der Waals surface area contributed by atoms with E-state index < -0.39 is 0 Å². The van der Waals surface area contributed by atoms with E-state index in [0.29, 0.717) is 6.54 Å². The van der Waals surface area contributed by atoms with Crippen LogP contribution < -0.4 is 5.73 Å². The summed E-state index contributed by atoms with van der Waals surface area (Å²) in [6.45, 7) is 2.78. The first kappa shape index (κ1) is 8.66. The Morgan fingerprint density at radius 1 is 1.46 bits per heavy atom. The van der Waals surface area contributed by atoms with Crippen molar-refractivity contribution in [1.29, 1.82) is 0 Å². The average molecular weight is 192 g/mol. The first-order valence-electron chi connectivity index (χ1n) is 4.36. The van der Waals surface area contributed by atoms with E-state index in [0.717, 1.165) is 16.9 Å². The number of hydrogen-bond acceptors (Lipinski definition) is 3. The Labute approximate surface area is 81.4 Å². The highest BCUT2D eigenvalue weighted by molar-refractivity contribution is 7.18. The summed E-state index contributed by atoms with van der Waals surface area (Å²) in [6, 6.07) is 6.34. The van der Waals surface area contributed by atoms with E-state index in [9.17, 15) is 0 Å². The van der Waals surface area contributed by atoms with Gasteiger partial charge in [-0.25, -0.2) is 4.98 Å². The Balaban J connectivity index is 2.49. The highest BCUT2D eigenvalue weighted by Gasteiger charge is 2.02. The van der Waals surface area contributed by atoms with Gasteiger partial charge in [0.2, 0.25) is 0 Å². The normalized spacial score (nSPS) is 10.9. The van der Waals surface area contributed by atoms with Gasteiger partial charge in [0.15, 0.2) is 0 Å². The minimum atomic E-state index is 0.679. The second-order valence-electron chi connectivity index (χ2n) is 3.12. The maximum absolute atomic E-state index is 5.48. The van der Waals surface area contributed by atoms with E-state index in [1.165, 1.54) is 10.3 Å². The van der Waals surface area contributed by atoms with Crippen LogP contribution >= 0.6 is 11.3 Å². The third kappa shape index (κ3) is 1.71. The summed E-state index contributed by atoms with van der Waals surface area (Å²) in [6.07, 6.45) is 0.887. The monoisotopic (exact) mass is 192 g/mol. The van der Waals surface area contributed by atoms with Crippen LogP contribution in [0, 0.1) is 6.92 Å². The second kappa shape index (κ2) is 3.44. The lowest BCUT2D eigenvalue weighted by molar-refractivity contribution is 0.958. The predicted octanol–water partition coefficient (Wildman–Crippen LogP) is 2.11. The molecule has 1 aromatic carbocycles. The quantitative estimate of drug-likeness (QED) is 0.791. The van der Waals surface area contributed by atoms with Crippen LogP contribution in [0.3, 0.4) is 0 Å². The van der Waals surface area contributed by atoms with Gasteiger partial charge in [0.25, 0.3) is 0 Å². The van der Waals surface area contributed by atoms with Gasteiger partial charge < -0.3 is 5.73 Å². The summed E-state index contributed by atoms with van der Waals surface area (Å²) >= 11 is 1.74. The number of rotatable bonds is 2. The fourth-order valence-corrected chi connectivity index (χ4v) is 2.39. The van der Waals surface area contributed by atoms with E-state index in [1.807, 2.05) is 0 Å². The summed E-state index contributed by atoms with van der Waals surface area (Å²) in [5.74, 6) is 0. The van der Waals surface area contributed by atoms with Gasteiger partial charge in [-0.2, -0.15) is 0 Å². The van der Waals surface area contributed by atoms with E-state index in [-0.39, 0.29) is 0 Å². The van der Waals surface area contributed by atoms with Crippen molar-refractivity contribution in [2.24, 2.45) is 5.73 Å². The third-order valence-electron chi connectivity index (χ3n) is 1.95. The predicted molar refractivity (Wildman–Crippen MR) is 57.1 cm³/mol. The van der Waals surface area contributed by atoms with Gasteiger partial charge in [-0.3, -0.25) is 0 Å². The van der Waals surface area contributed by atoms with E-state index in [2.05, 4.69) is 30.1 Å². The number of benzene rings is 1. The molecule has 0 aliphatic carbocycles. The molecule has 0 spiro atoms. The average Bonchev–Trinajstić information content (AvgIpc) is 2.46. The minimum Gasteiger partial charge on any atom is -0.330 e. The maximum atomic E-state index is 5.48. The Morgan fingerprint density at radius 2 is 2.31 bits per heavy atom. The molecule has 2 aromatic rings. The Hall–Kier alpha value is -0.930. The van der Waals surface area contributed by atoms with Crippen LogP contribution in [0.5, 0.6) is 0 Å². The summed E-state index contributed by atoms with van der Waals surface area (Å²) in [4.78, 5) is 4.48. The molecule has 68 valence electrons. The van der Waals surface area contributed by atoms with Crippen molar-refractivity contribution >= 4 is 21.6 Å². The molecule has 0 radical (unpaired) electrons. The van der Waals surface area contributed by atoms with Gasteiger partial charge in [-0.05, 0) is 31.2 Å². The van der Waals surface area contributed by atoms with Crippen molar-refractivity contribution in [2.75, 3.05) is 6.54 Å². The van der Waals surface area contributed by atoms with Crippen LogP contribution in [0.25, 0.3) is 10.2 Å². The molecule has 3 heteroatoms. The van der Waals surface area contributed by atoms with Gasteiger partial charge in [0, 0.05) is 6.42 Å². The van der Waals surface area contributed by atoms with Crippen LogP contribution in [0.2, 0.25) is 0 Å². The standard InChI is InChI=1S/C10H12N2S/c1-7-2-3-8-9(6-7)13-10(12-8)4-5-11/h2-3,6H,4-5,11H2,1H3. The fourth-order valence-electron chi connectivity index (χ4n) is 1.31. The molecule has 2 nitrogen and oxygen atoms in total. The Kier molecular flexibility index (Phi) is 2.29. The fraction of sp³-hybridized carbons (Fsp3) is 0.300. The molecule has 0 aliphatic heterocycles. The SMILES string of the molecule is Cc1ccc2nc(CCN)sc2c1. The first-order chi connectivity index (χ1) is 6.29. The maximum Gasteiger partial charge on any atom is 0.0951 e. The van der Waals surface area contributed by atoms with Gasteiger partial charge in [-0.1, -0.05) is 6.07 Å². The molecule has 0 unspecified atom stereocenters. The van der Waals surface area contributed by atoms with E-state index >= 15 is 0 Å². The van der Waals surface area contributed by atoms with Gasteiger partial charge in [0.05, 0.1) is 15.2 Å². The molecule has 13 heavy (non-hydrogen) atoms. The molecular formula is C10H12N2S. The lowest BCUT2D eigenvalue weighted by Crippen LogP contribution is -2.01. The van der Waals surface area contributed by atoms with Crippen LogP contribution in [0.1, 0.15) is 10.6 Å². The number of aromatic nitrogens is 1. The lowest BCUT2D eigenvalue weighted by atomic mass is 10.2. The van der Waals surface area contributed by atoms with Crippen molar-refractivity contribution in [3.8, 4) is 0 Å². The molecule has 0 fully saturated rings. The zero-order chi connectivity index (χ0) is 9.26. The molecular weight excluding hydrogens is 180 g/mol. The molecule has 0 saturated heterocycles. The summed E-state index contributed by atoms with van der Waals surface area (Å²) in [5, 5.41) is 1.14. The first-order valence-corrected chi connectivity index (χ1v) is 5.17. The highest BCUT2D eigenvalue weighted by Crippen LogP contribution is 2.22. The van der Waals surface area contributed by atoms with E-state index in [1.54, 1.807) is 11.3 Å². The van der Waals surface area contributed by atoms with Crippen molar-refractivity contribution in [2.45, 2.75) is 13.3 Å². The van der Waals surface area contributed by atoms with Crippen LogP contribution in [0.4, 0.5) is 0 Å². The van der Waals surface area contributed by atoms with Gasteiger partial charge >= 0.3 is 0 Å². The molecule has 0 amide bonds. The molecule has 2 N–H and O–H groups in total. The largest absolute Gasteiger partial charge is 0.330 e. The molecule has 0 bridgehead atoms. The molecule has 0 aliphatic rings. The lowest BCUT2D eigenvalue weighted by Gasteiger charge is -1.88. The Bertz CT molecular complexity index is 420. The zero-order valence-corrected chi connectivity index (χ0v) is 8.40. The molecule has 0 atom stereocenters. The summed E-state index contributed by atoms with van der Waals surface area (Å²) in [5.41, 5.74) is 7.86. The van der Waals surface area contributed by atoms with Crippen LogP contribution in [-0.2, 0) is 6.42 Å². The van der Waals surface area contributed by atoms with E-state index in [4.69, 9.17) is 5.73 Å². The van der Waals surface area contributed by atoms with Crippen molar-refractivity contribution < 1.29 is 0 Å². The summed E-state index contributed by atoms with van der Waals surface area (Å²) in [7, 11) is 0. The molecule has 0 saturated carbocycles. The summed E-state index contributed by atoms with van der Waals surface area (Å²) < 4.78 is 1.27. The molecule has 1 heterocycles. The van der Waals surface area contributed by atoms with Crippen molar-refractivity contribution in [3.63, 3.8) is 0 Å².